The maximum Gasteiger partial charge on any atom is 0.244 e. The predicted molar refractivity (Wildman–Crippen MR) is 93.8 cm³/mol. The fourth-order valence-electron chi connectivity index (χ4n) is 2.31. The summed E-state index contributed by atoms with van der Waals surface area (Å²) in [5.74, 6) is -0.867. The van der Waals surface area contributed by atoms with Gasteiger partial charge in [-0.3, -0.25) is 4.79 Å². The quantitative estimate of drug-likeness (QED) is 0.802. The average Bonchev–Trinajstić information content (AvgIpc) is 2.65. The van der Waals surface area contributed by atoms with Crippen molar-refractivity contribution in [1.82, 2.24) is 9.62 Å². The van der Waals surface area contributed by atoms with Crippen LogP contribution >= 0.6 is 0 Å². The smallest absolute Gasteiger partial charge is 0.244 e. The van der Waals surface area contributed by atoms with Gasteiger partial charge >= 0.3 is 0 Å². The number of carbonyl (C=O) groups excluding carboxylic acids is 1. The molecule has 0 aromatic heterocycles. The molecular weight excluding hydrogens is 357 g/mol. The van der Waals surface area contributed by atoms with Crippen molar-refractivity contribution in [2.24, 2.45) is 0 Å². The Bertz CT molecular complexity index is 921. The first-order valence-corrected chi connectivity index (χ1v) is 9.33. The number of benzene rings is 2. The Morgan fingerprint density at radius 1 is 1.19 bits per heavy atom. The molecule has 1 amide bonds. The van der Waals surface area contributed by atoms with Crippen molar-refractivity contribution >= 4 is 15.9 Å². The summed E-state index contributed by atoms with van der Waals surface area (Å²) in [4.78, 5) is 12.0. The van der Waals surface area contributed by atoms with Crippen LogP contribution in [0.1, 0.15) is 18.1 Å². The Morgan fingerprint density at radius 3 is 2.46 bits per heavy atom. The van der Waals surface area contributed by atoms with Gasteiger partial charge in [0, 0.05) is 13.1 Å². The lowest BCUT2D eigenvalue weighted by Crippen LogP contribution is -2.40. The van der Waals surface area contributed by atoms with Crippen LogP contribution in [0.25, 0.3) is 0 Å². The molecule has 0 fully saturated rings. The Morgan fingerprint density at radius 2 is 1.85 bits per heavy atom. The lowest BCUT2D eigenvalue weighted by Gasteiger charge is -2.20. The van der Waals surface area contributed by atoms with Gasteiger partial charge in [-0.25, -0.2) is 12.8 Å². The zero-order chi connectivity index (χ0) is 19.2. The molecular formula is C18H18FN3O3S. The maximum atomic E-state index is 12.9. The summed E-state index contributed by atoms with van der Waals surface area (Å²) in [6.07, 6.45) is 0. The summed E-state index contributed by atoms with van der Waals surface area (Å²) in [7, 11) is -3.98. The summed E-state index contributed by atoms with van der Waals surface area (Å²) in [5, 5.41) is 11.7. The third-order valence-corrected chi connectivity index (χ3v) is 5.68. The number of hydrogen-bond acceptors (Lipinski definition) is 4. The zero-order valence-corrected chi connectivity index (χ0v) is 15.0. The molecule has 26 heavy (non-hydrogen) atoms. The summed E-state index contributed by atoms with van der Waals surface area (Å²) in [6.45, 7) is 1.47. The van der Waals surface area contributed by atoms with Crippen LogP contribution in [-0.2, 0) is 21.4 Å². The second-order valence-electron chi connectivity index (χ2n) is 5.44. The highest BCUT2D eigenvalue weighted by Gasteiger charge is 2.27. The molecule has 0 heterocycles. The van der Waals surface area contributed by atoms with E-state index >= 15 is 0 Å². The monoisotopic (exact) mass is 375 g/mol. The number of hydrogen-bond donors (Lipinski definition) is 1. The van der Waals surface area contributed by atoms with Gasteiger partial charge in [0.15, 0.2) is 0 Å². The molecule has 0 aliphatic heterocycles. The van der Waals surface area contributed by atoms with Crippen LogP contribution in [0.5, 0.6) is 0 Å². The van der Waals surface area contributed by atoms with E-state index < -0.39 is 15.9 Å². The average molecular weight is 375 g/mol. The number of nitriles is 1. The first-order chi connectivity index (χ1) is 12.4. The van der Waals surface area contributed by atoms with Gasteiger partial charge in [0.05, 0.1) is 17.0 Å². The zero-order valence-electron chi connectivity index (χ0n) is 14.1. The van der Waals surface area contributed by atoms with Crippen molar-refractivity contribution in [1.29, 1.82) is 5.26 Å². The van der Waals surface area contributed by atoms with Crippen molar-refractivity contribution in [2.45, 2.75) is 18.4 Å². The molecule has 0 aliphatic carbocycles. The van der Waals surface area contributed by atoms with Crippen molar-refractivity contribution in [2.75, 3.05) is 13.1 Å². The minimum atomic E-state index is -3.98. The second kappa shape index (κ2) is 8.56. The van der Waals surface area contributed by atoms with Gasteiger partial charge in [-0.1, -0.05) is 31.2 Å². The molecule has 0 atom stereocenters. The van der Waals surface area contributed by atoms with Gasteiger partial charge in [-0.15, -0.1) is 0 Å². The minimum Gasteiger partial charge on any atom is -0.351 e. The Balaban J connectivity index is 2.09. The van der Waals surface area contributed by atoms with Crippen LogP contribution in [0.4, 0.5) is 4.39 Å². The van der Waals surface area contributed by atoms with E-state index in [4.69, 9.17) is 5.26 Å². The van der Waals surface area contributed by atoms with Crippen LogP contribution in [0, 0.1) is 17.1 Å². The van der Waals surface area contributed by atoms with Crippen LogP contribution in [0.3, 0.4) is 0 Å². The summed E-state index contributed by atoms with van der Waals surface area (Å²) < 4.78 is 39.4. The normalized spacial score (nSPS) is 11.2. The Labute approximate surface area is 151 Å². The number of sulfonamides is 1. The molecule has 1 N–H and O–H groups in total. The molecule has 136 valence electrons. The second-order valence-corrected chi connectivity index (χ2v) is 7.35. The molecule has 0 aliphatic rings. The van der Waals surface area contributed by atoms with E-state index in [0.29, 0.717) is 5.56 Å². The van der Waals surface area contributed by atoms with Gasteiger partial charge in [0.2, 0.25) is 15.9 Å². The number of amides is 1. The van der Waals surface area contributed by atoms with Crippen LogP contribution in [-0.4, -0.2) is 31.7 Å². The van der Waals surface area contributed by atoms with Crippen LogP contribution in [0.2, 0.25) is 0 Å². The number of nitrogens with zero attached hydrogens (tertiary/aromatic N) is 2. The van der Waals surface area contributed by atoms with Gasteiger partial charge in [-0.05, 0) is 29.8 Å². The van der Waals surface area contributed by atoms with Gasteiger partial charge < -0.3 is 5.32 Å². The van der Waals surface area contributed by atoms with E-state index in [-0.39, 0.29) is 35.9 Å². The molecule has 6 nitrogen and oxygen atoms in total. The fraction of sp³-hybridized carbons (Fsp3) is 0.222. The third kappa shape index (κ3) is 4.65. The number of rotatable bonds is 7. The summed E-state index contributed by atoms with van der Waals surface area (Å²) in [5.41, 5.74) is 0.721. The molecule has 0 saturated carbocycles. The van der Waals surface area contributed by atoms with Gasteiger partial charge in [0.25, 0.3) is 0 Å². The summed E-state index contributed by atoms with van der Waals surface area (Å²) in [6, 6.07) is 13.3. The van der Waals surface area contributed by atoms with E-state index in [2.05, 4.69) is 5.32 Å². The Kier molecular flexibility index (Phi) is 6.44. The fourth-order valence-corrected chi connectivity index (χ4v) is 3.86. The number of nitrogens with one attached hydrogen (secondary N) is 1. The SMILES string of the molecule is CCN(CC(=O)NCc1ccc(F)cc1)S(=O)(=O)c1ccccc1C#N. The highest BCUT2D eigenvalue weighted by atomic mass is 32.2. The maximum absolute atomic E-state index is 12.9. The molecule has 8 heteroatoms. The van der Waals surface area contributed by atoms with Crippen molar-refractivity contribution in [3.63, 3.8) is 0 Å². The van der Waals surface area contributed by atoms with Crippen molar-refractivity contribution < 1.29 is 17.6 Å². The van der Waals surface area contributed by atoms with Crippen molar-refractivity contribution in [3.05, 3.63) is 65.5 Å². The highest BCUT2D eigenvalue weighted by Crippen LogP contribution is 2.19. The number of likely N-dealkylation sites (N-methyl/N-ethyl adjacent to an activating group) is 1. The van der Waals surface area contributed by atoms with Crippen molar-refractivity contribution in [3.8, 4) is 6.07 Å². The molecule has 2 aromatic rings. The highest BCUT2D eigenvalue weighted by molar-refractivity contribution is 7.89. The minimum absolute atomic E-state index is 0.0256. The Hall–Kier alpha value is -2.76. The third-order valence-electron chi connectivity index (χ3n) is 3.70. The van der Waals surface area contributed by atoms with E-state index in [9.17, 15) is 17.6 Å². The lowest BCUT2D eigenvalue weighted by atomic mass is 10.2. The lowest BCUT2D eigenvalue weighted by molar-refractivity contribution is -0.121. The number of carbonyl (C=O) groups is 1. The number of halogens is 1. The van der Waals surface area contributed by atoms with Gasteiger partial charge in [0.1, 0.15) is 11.9 Å². The predicted octanol–water partition coefficient (Wildman–Crippen LogP) is 2.02. The first-order valence-electron chi connectivity index (χ1n) is 7.89. The topological polar surface area (TPSA) is 90.3 Å². The molecule has 0 spiro atoms. The molecule has 0 bridgehead atoms. The molecule has 0 radical (unpaired) electrons. The van der Waals surface area contributed by atoms with E-state index in [1.165, 1.54) is 42.5 Å². The molecule has 0 unspecified atom stereocenters. The van der Waals surface area contributed by atoms with E-state index in [1.54, 1.807) is 13.0 Å². The van der Waals surface area contributed by atoms with E-state index in [0.717, 1.165) is 4.31 Å². The van der Waals surface area contributed by atoms with Crippen LogP contribution < -0.4 is 5.32 Å². The largest absolute Gasteiger partial charge is 0.351 e. The van der Waals surface area contributed by atoms with Crippen LogP contribution in [0.15, 0.2) is 53.4 Å². The van der Waals surface area contributed by atoms with E-state index in [1.807, 2.05) is 6.07 Å². The van der Waals surface area contributed by atoms with Gasteiger partial charge in [-0.2, -0.15) is 9.57 Å². The standard InChI is InChI=1S/C18H18FN3O3S/c1-2-22(26(24,25)17-6-4-3-5-15(17)11-20)13-18(23)21-12-14-7-9-16(19)10-8-14/h3-10H,2,12-13H2,1H3,(H,21,23). The first kappa shape index (κ1) is 19.6. The summed E-state index contributed by atoms with van der Waals surface area (Å²) >= 11 is 0. The molecule has 2 aromatic carbocycles. The molecule has 2 rings (SSSR count). The molecule has 0 saturated heterocycles.